The molecule has 0 saturated heterocycles. The molecule has 0 aliphatic rings. The second-order valence-electron chi connectivity index (χ2n) is 5.84. The van der Waals surface area contributed by atoms with Gasteiger partial charge in [0.2, 0.25) is 0 Å². The van der Waals surface area contributed by atoms with Gasteiger partial charge in [0, 0.05) is 17.0 Å². The second-order valence-corrected chi connectivity index (χ2v) is 5.84. The van der Waals surface area contributed by atoms with Gasteiger partial charge >= 0.3 is 0 Å². The first-order valence-corrected chi connectivity index (χ1v) is 7.60. The van der Waals surface area contributed by atoms with E-state index < -0.39 is 0 Å². The van der Waals surface area contributed by atoms with E-state index >= 15 is 0 Å². The molecule has 0 amide bonds. The molecule has 1 aromatic heterocycles. The first-order chi connectivity index (χ1) is 11.0. The molecule has 4 heteroatoms. The molecule has 1 heterocycles. The molecule has 4 nitrogen and oxygen atoms in total. The fraction of sp³-hybridized carbons (Fsp3) is 0.263. The summed E-state index contributed by atoms with van der Waals surface area (Å²) < 4.78 is 11.4. The van der Waals surface area contributed by atoms with Gasteiger partial charge in [-0.05, 0) is 30.7 Å². The number of Topliss-reactive ketones (excluding diaryl/α,β-unsaturated/α-hetero) is 1. The van der Waals surface area contributed by atoms with E-state index in [-0.39, 0.29) is 11.7 Å². The summed E-state index contributed by atoms with van der Waals surface area (Å²) in [6, 6.07) is 11.3. The van der Waals surface area contributed by atoms with Gasteiger partial charge in [-0.25, -0.2) is 4.98 Å². The molecule has 0 bridgehead atoms. The summed E-state index contributed by atoms with van der Waals surface area (Å²) in [5, 5.41) is 0. The highest BCUT2D eigenvalue weighted by Gasteiger charge is 2.17. The molecule has 0 N–H and O–H groups in total. The second kappa shape index (κ2) is 5.88. The number of ether oxygens (including phenoxy) is 1. The maximum Gasteiger partial charge on any atom is 0.198 e. The van der Waals surface area contributed by atoms with E-state index in [0.29, 0.717) is 28.3 Å². The topological polar surface area (TPSA) is 52.3 Å². The Morgan fingerprint density at radius 3 is 2.65 bits per heavy atom. The molecule has 3 rings (SSSR count). The largest absolute Gasteiger partial charge is 0.494 e. The van der Waals surface area contributed by atoms with Crippen molar-refractivity contribution in [1.82, 2.24) is 4.98 Å². The van der Waals surface area contributed by atoms with Crippen LogP contribution in [0, 0.1) is 0 Å². The van der Waals surface area contributed by atoms with Crippen molar-refractivity contribution in [2.24, 2.45) is 0 Å². The number of methoxy groups -OCH3 is 1. The van der Waals surface area contributed by atoms with Gasteiger partial charge in [-0.1, -0.05) is 32.0 Å². The van der Waals surface area contributed by atoms with Crippen molar-refractivity contribution < 1.29 is 13.9 Å². The average Bonchev–Trinajstić information content (AvgIpc) is 2.99. The Morgan fingerprint density at radius 2 is 2.00 bits per heavy atom. The van der Waals surface area contributed by atoms with Crippen molar-refractivity contribution in [3.8, 4) is 16.9 Å². The lowest BCUT2D eigenvalue weighted by Gasteiger charge is -2.06. The molecule has 23 heavy (non-hydrogen) atoms. The van der Waals surface area contributed by atoms with Crippen LogP contribution < -0.4 is 4.74 Å². The van der Waals surface area contributed by atoms with Crippen molar-refractivity contribution in [2.75, 3.05) is 7.11 Å². The smallest absolute Gasteiger partial charge is 0.198 e. The van der Waals surface area contributed by atoms with Crippen LogP contribution in [0.5, 0.6) is 5.75 Å². The number of rotatable bonds is 4. The summed E-state index contributed by atoms with van der Waals surface area (Å²) in [5.74, 6) is 1.58. The van der Waals surface area contributed by atoms with Crippen molar-refractivity contribution in [2.45, 2.75) is 26.7 Å². The summed E-state index contributed by atoms with van der Waals surface area (Å²) in [4.78, 5) is 16.2. The van der Waals surface area contributed by atoms with E-state index in [9.17, 15) is 4.79 Å². The van der Waals surface area contributed by atoms with Crippen LogP contribution in [0.25, 0.3) is 22.2 Å². The van der Waals surface area contributed by atoms with Gasteiger partial charge in [0.1, 0.15) is 5.75 Å². The third-order valence-corrected chi connectivity index (χ3v) is 3.82. The zero-order valence-electron chi connectivity index (χ0n) is 13.7. The quantitative estimate of drug-likeness (QED) is 0.648. The van der Waals surface area contributed by atoms with Crippen LogP contribution in [0.15, 0.2) is 40.8 Å². The Hall–Kier alpha value is -2.62. The zero-order valence-corrected chi connectivity index (χ0v) is 13.7. The zero-order chi connectivity index (χ0) is 16.6. The third-order valence-electron chi connectivity index (χ3n) is 3.82. The summed E-state index contributed by atoms with van der Waals surface area (Å²) in [6.45, 7) is 5.63. The van der Waals surface area contributed by atoms with Gasteiger partial charge in [-0.2, -0.15) is 0 Å². The molecule has 2 aromatic carbocycles. The van der Waals surface area contributed by atoms with E-state index in [1.54, 1.807) is 14.0 Å². The lowest BCUT2D eigenvalue weighted by atomic mass is 10.0. The Labute approximate surface area is 135 Å². The fourth-order valence-electron chi connectivity index (χ4n) is 2.54. The summed E-state index contributed by atoms with van der Waals surface area (Å²) in [5.41, 5.74) is 3.91. The summed E-state index contributed by atoms with van der Waals surface area (Å²) in [7, 11) is 1.62. The van der Waals surface area contributed by atoms with Gasteiger partial charge < -0.3 is 9.15 Å². The molecular weight excluding hydrogens is 290 g/mol. The normalized spacial score (nSPS) is 11.2. The number of carbonyl (C=O) groups excluding carboxylic acids is 1. The Kier molecular flexibility index (Phi) is 3.90. The van der Waals surface area contributed by atoms with Crippen LogP contribution in [-0.4, -0.2) is 17.9 Å². The SMILES string of the molecule is COc1ccc(-c2cccc(C(C)=O)c2)c2oc(C(C)C)nc12. The van der Waals surface area contributed by atoms with Crippen LogP contribution >= 0.6 is 0 Å². The van der Waals surface area contributed by atoms with Crippen LogP contribution in [0.2, 0.25) is 0 Å². The van der Waals surface area contributed by atoms with Gasteiger partial charge in [0.25, 0.3) is 0 Å². The number of ketones is 1. The Morgan fingerprint density at radius 1 is 1.22 bits per heavy atom. The van der Waals surface area contributed by atoms with Crippen LogP contribution in [0.3, 0.4) is 0 Å². The molecule has 3 aromatic rings. The number of benzene rings is 2. The lowest BCUT2D eigenvalue weighted by Crippen LogP contribution is -1.92. The van der Waals surface area contributed by atoms with Gasteiger partial charge in [-0.3, -0.25) is 4.79 Å². The molecule has 0 atom stereocenters. The van der Waals surface area contributed by atoms with Crippen molar-refractivity contribution >= 4 is 16.9 Å². The van der Waals surface area contributed by atoms with E-state index in [2.05, 4.69) is 4.98 Å². The number of aromatic nitrogens is 1. The fourth-order valence-corrected chi connectivity index (χ4v) is 2.54. The highest BCUT2D eigenvalue weighted by atomic mass is 16.5. The van der Waals surface area contributed by atoms with Crippen molar-refractivity contribution in [3.05, 3.63) is 47.9 Å². The molecule has 0 saturated carbocycles. The van der Waals surface area contributed by atoms with Gasteiger partial charge in [0.15, 0.2) is 22.8 Å². The first kappa shape index (κ1) is 15.3. The number of hydrogen-bond donors (Lipinski definition) is 0. The monoisotopic (exact) mass is 309 g/mol. The summed E-state index contributed by atoms with van der Waals surface area (Å²) in [6.07, 6.45) is 0. The van der Waals surface area contributed by atoms with Crippen molar-refractivity contribution in [1.29, 1.82) is 0 Å². The highest BCUT2D eigenvalue weighted by Crippen LogP contribution is 2.36. The lowest BCUT2D eigenvalue weighted by molar-refractivity contribution is 0.101. The minimum atomic E-state index is 0.0389. The molecule has 0 aliphatic heterocycles. The minimum Gasteiger partial charge on any atom is -0.494 e. The third kappa shape index (κ3) is 2.72. The number of nitrogens with zero attached hydrogens (tertiary/aromatic N) is 1. The predicted octanol–water partition coefficient (Wildman–Crippen LogP) is 4.83. The van der Waals surface area contributed by atoms with E-state index in [4.69, 9.17) is 9.15 Å². The number of carbonyl (C=O) groups is 1. The molecule has 0 aliphatic carbocycles. The number of hydrogen-bond acceptors (Lipinski definition) is 4. The van der Waals surface area contributed by atoms with Gasteiger partial charge in [-0.15, -0.1) is 0 Å². The molecule has 0 radical (unpaired) electrons. The molecule has 0 fully saturated rings. The maximum atomic E-state index is 11.6. The van der Waals surface area contributed by atoms with E-state index in [1.807, 2.05) is 50.2 Å². The standard InChI is InChI=1S/C19H19NO3/c1-11(2)19-20-17-16(22-4)9-8-15(18(17)23-19)14-7-5-6-13(10-14)12(3)21/h5-11H,1-4H3. The summed E-state index contributed by atoms with van der Waals surface area (Å²) >= 11 is 0. The van der Waals surface area contributed by atoms with Gasteiger partial charge in [0.05, 0.1) is 7.11 Å². The van der Waals surface area contributed by atoms with E-state index in [0.717, 1.165) is 11.1 Å². The highest BCUT2D eigenvalue weighted by molar-refractivity contribution is 5.98. The number of fused-ring (bicyclic) bond motifs is 1. The molecule has 0 unspecified atom stereocenters. The maximum absolute atomic E-state index is 11.6. The average molecular weight is 309 g/mol. The molecule has 118 valence electrons. The van der Waals surface area contributed by atoms with Crippen LogP contribution in [-0.2, 0) is 0 Å². The Balaban J connectivity index is 2.25. The van der Waals surface area contributed by atoms with Crippen LogP contribution in [0.4, 0.5) is 0 Å². The predicted molar refractivity (Wildman–Crippen MR) is 90.1 cm³/mol. The number of oxazole rings is 1. The Bertz CT molecular complexity index is 877. The van der Waals surface area contributed by atoms with E-state index in [1.165, 1.54) is 0 Å². The van der Waals surface area contributed by atoms with Crippen LogP contribution in [0.1, 0.15) is 42.9 Å². The molecule has 0 spiro atoms. The first-order valence-electron chi connectivity index (χ1n) is 7.60. The molecular formula is C19H19NO3. The minimum absolute atomic E-state index is 0.0389. The van der Waals surface area contributed by atoms with Crippen molar-refractivity contribution in [3.63, 3.8) is 0 Å².